The minimum absolute atomic E-state index is 0.0851. The van der Waals surface area contributed by atoms with E-state index in [4.69, 9.17) is 9.84 Å². The van der Waals surface area contributed by atoms with Gasteiger partial charge in [0.1, 0.15) is 12.4 Å². The van der Waals surface area contributed by atoms with E-state index in [0.717, 1.165) is 6.07 Å². The Bertz CT molecular complexity index is 623. The molecule has 1 aromatic carbocycles. The predicted octanol–water partition coefficient (Wildman–Crippen LogP) is 2.88. The number of aromatic nitrogens is 2. The van der Waals surface area contributed by atoms with Crippen LogP contribution in [0.5, 0.6) is 5.75 Å². The summed E-state index contributed by atoms with van der Waals surface area (Å²) in [4.78, 5) is 10.8. The van der Waals surface area contributed by atoms with Gasteiger partial charge in [0.25, 0.3) is 0 Å². The molecule has 1 N–H and O–H groups in total. The van der Waals surface area contributed by atoms with Crippen LogP contribution in [-0.2, 0) is 6.61 Å². The van der Waals surface area contributed by atoms with Crippen molar-refractivity contribution in [1.82, 2.24) is 9.78 Å². The van der Waals surface area contributed by atoms with Gasteiger partial charge in [-0.1, -0.05) is 0 Å². The van der Waals surface area contributed by atoms with E-state index in [1.807, 2.05) is 13.8 Å². The van der Waals surface area contributed by atoms with E-state index < -0.39 is 11.8 Å². The number of carbonyl (C=O) groups is 1. The van der Waals surface area contributed by atoms with Crippen molar-refractivity contribution in [3.05, 3.63) is 47.5 Å². The average molecular weight is 278 g/mol. The van der Waals surface area contributed by atoms with Crippen LogP contribution in [0.1, 0.15) is 35.8 Å². The number of carboxylic acid groups (broad SMARTS) is 1. The van der Waals surface area contributed by atoms with Gasteiger partial charge in [-0.3, -0.25) is 4.68 Å². The van der Waals surface area contributed by atoms with E-state index >= 15 is 0 Å². The second-order valence-electron chi connectivity index (χ2n) is 4.69. The number of ether oxygens (including phenoxy) is 1. The normalized spacial score (nSPS) is 10.8. The Kier molecular flexibility index (Phi) is 4.02. The average Bonchev–Trinajstić information content (AvgIpc) is 2.84. The van der Waals surface area contributed by atoms with Gasteiger partial charge in [-0.2, -0.15) is 5.10 Å². The van der Waals surface area contributed by atoms with E-state index in [1.165, 1.54) is 12.1 Å². The van der Waals surface area contributed by atoms with Crippen LogP contribution in [0.2, 0.25) is 0 Å². The van der Waals surface area contributed by atoms with Gasteiger partial charge in [-0.15, -0.1) is 0 Å². The summed E-state index contributed by atoms with van der Waals surface area (Å²) in [6.45, 7) is 4.06. The highest BCUT2D eigenvalue weighted by atomic mass is 19.1. The summed E-state index contributed by atoms with van der Waals surface area (Å²) in [5.74, 6) is -1.21. The zero-order chi connectivity index (χ0) is 14.7. The maximum Gasteiger partial charge on any atom is 0.335 e. The second-order valence-corrected chi connectivity index (χ2v) is 4.69. The van der Waals surface area contributed by atoms with Crippen LogP contribution in [-0.4, -0.2) is 20.9 Å². The number of aromatic carboxylic acids is 1. The Hall–Kier alpha value is -2.37. The van der Waals surface area contributed by atoms with Crippen molar-refractivity contribution in [3.63, 3.8) is 0 Å². The highest BCUT2D eigenvalue weighted by Gasteiger charge is 2.08. The van der Waals surface area contributed by atoms with Gasteiger partial charge >= 0.3 is 5.97 Å². The molecule has 2 aromatic rings. The fourth-order valence-electron chi connectivity index (χ4n) is 1.70. The topological polar surface area (TPSA) is 64.3 Å². The number of rotatable bonds is 5. The zero-order valence-corrected chi connectivity index (χ0v) is 11.2. The minimum Gasteiger partial charge on any atom is -0.486 e. The van der Waals surface area contributed by atoms with E-state index in [0.29, 0.717) is 11.3 Å². The molecule has 0 aliphatic heterocycles. The van der Waals surface area contributed by atoms with Crippen LogP contribution < -0.4 is 4.74 Å². The molecule has 2 rings (SSSR count). The Labute approximate surface area is 115 Å². The van der Waals surface area contributed by atoms with Gasteiger partial charge < -0.3 is 9.84 Å². The van der Waals surface area contributed by atoms with Crippen molar-refractivity contribution in [2.75, 3.05) is 0 Å². The van der Waals surface area contributed by atoms with Gasteiger partial charge in [0.2, 0.25) is 0 Å². The molecule has 5 nitrogen and oxygen atoms in total. The molecule has 0 aliphatic carbocycles. The molecule has 1 heterocycles. The standard InChI is InChI=1S/C14H15FN2O3/c1-9(2)17-7-13(6-16-17)20-8-10-3-11(14(18)19)5-12(15)4-10/h3-7,9H,8H2,1-2H3,(H,18,19). The van der Waals surface area contributed by atoms with Gasteiger partial charge in [0, 0.05) is 6.04 Å². The first kappa shape index (κ1) is 14.0. The number of carboxylic acids is 1. The van der Waals surface area contributed by atoms with Crippen LogP contribution >= 0.6 is 0 Å². The summed E-state index contributed by atoms with van der Waals surface area (Å²) in [5.41, 5.74) is 0.362. The molecule has 0 radical (unpaired) electrons. The zero-order valence-electron chi connectivity index (χ0n) is 11.2. The van der Waals surface area contributed by atoms with Gasteiger partial charge in [-0.25, -0.2) is 9.18 Å². The van der Waals surface area contributed by atoms with Gasteiger partial charge in [0.05, 0.1) is 18.0 Å². The maximum atomic E-state index is 13.3. The quantitative estimate of drug-likeness (QED) is 0.913. The first-order valence-electron chi connectivity index (χ1n) is 6.15. The molecule has 106 valence electrons. The summed E-state index contributed by atoms with van der Waals surface area (Å²) in [5, 5.41) is 13.0. The Morgan fingerprint density at radius 1 is 1.45 bits per heavy atom. The molecule has 0 unspecified atom stereocenters. The fraction of sp³-hybridized carbons (Fsp3) is 0.286. The molecule has 0 saturated heterocycles. The Morgan fingerprint density at radius 2 is 2.20 bits per heavy atom. The lowest BCUT2D eigenvalue weighted by molar-refractivity contribution is 0.0696. The van der Waals surface area contributed by atoms with Crippen LogP contribution in [0.4, 0.5) is 4.39 Å². The summed E-state index contributed by atoms with van der Waals surface area (Å²) < 4.78 is 20.5. The summed E-state index contributed by atoms with van der Waals surface area (Å²) in [6, 6.07) is 3.83. The SMILES string of the molecule is CC(C)n1cc(OCc2cc(F)cc(C(=O)O)c2)cn1. The smallest absolute Gasteiger partial charge is 0.335 e. The van der Waals surface area contributed by atoms with E-state index in [2.05, 4.69) is 5.10 Å². The van der Waals surface area contributed by atoms with Crippen molar-refractivity contribution in [2.24, 2.45) is 0 Å². The predicted molar refractivity (Wildman–Crippen MR) is 70.3 cm³/mol. The molecule has 0 bridgehead atoms. The van der Waals surface area contributed by atoms with Crippen LogP contribution in [0.25, 0.3) is 0 Å². The molecule has 0 atom stereocenters. The lowest BCUT2D eigenvalue weighted by atomic mass is 10.1. The number of halogens is 1. The maximum absolute atomic E-state index is 13.3. The lowest BCUT2D eigenvalue weighted by Crippen LogP contribution is -2.02. The monoisotopic (exact) mass is 278 g/mol. The van der Waals surface area contributed by atoms with Crippen LogP contribution in [0.3, 0.4) is 0 Å². The molecular weight excluding hydrogens is 263 g/mol. The van der Waals surface area contributed by atoms with Gasteiger partial charge in [0.15, 0.2) is 5.75 Å². The number of hydrogen-bond donors (Lipinski definition) is 1. The molecule has 0 saturated carbocycles. The molecular formula is C14H15FN2O3. The van der Waals surface area contributed by atoms with Crippen molar-refractivity contribution in [2.45, 2.75) is 26.5 Å². The largest absolute Gasteiger partial charge is 0.486 e. The Balaban J connectivity index is 2.08. The summed E-state index contributed by atoms with van der Waals surface area (Å²) >= 11 is 0. The van der Waals surface area contributed by atoms with Crippen molar-refractivity contribution in [3.8, 4) is 5.75 Å². The Morgan fingerprint density at radius 3 is 2.80 bits per heavy atom. The molecule has 6 heteroatoms. The third-order valence-electron chi connectivity index (χ3n) is 2.72. The van der Waals surface area contributed by atoms with E-state index in [9.17, 15) is 9.18 Å². The lowest BCUT2D eigenvalue weighted by Gasteiger charge is -2.06. The van der Waals surface area contributed by atoms with Crippen LogP contribution in [0.15, 0.2) is 30.6 Å². The van der Waals surface area contributed by atoms with E-state index in [-0.39, 0.29) is 18.2 Å². The fourth-order valence-corrected chi connectivity index (χ4v) is 1.70. The molecule has 0 amide bonds. The third-order valence-corrected chi connectivity index (χ3v) is 2.72. The van der Waals surface area contributed by atoms with Gasteiger partial charge in [-0.05, 0) is 37.6 Å². The molecule has 0 fully saturated rings. The number of nitrogens with zero attached hydrogens (tertiary/aromatic N) is 2. The molecule has 0 spiro atoms. The van der Waals surface area contributed by atoms with Crippen LogP contribution in [0, 0.1) is 5.82 Å². The molecule has 0 aliphatic rings. The first-order chi connectivity index (χ1) is 9.45. The molecule has 20 heavy (non-hydrogen) atoms. The van der Waals surface area contributed by atoms with E-state index in [1.54, 1.807) is 17.1 Å². The van der Waals surface area contributed by atoms with Crippen molar-refractivity contribution in [1.29, 1.82) is 0 Å². The van der Waals surface area contributed by atoms with Crippen molar-refractivity contribution < 1.29 is 19.0 Å². The first-order valence-corrected chi connectivity index (χ1v) is 6.15. The van der Waals surface area contributed by atoms with Crippen molar-refractivity contribution >= 4 is 5.97 Å². The summed E-state index contributed by atoms with van der Waals surface area (Å²) in [7, 11) is 0. The minimum atomic E-state index is -1.17. The second kappa shape index (κ2) is 5.73. The molecule has 1 aromatic heterocycles. The highest BCUT2D eigenvalue weighted by Crippen LogP contribution is 2.16. The number of benzene rings is 1. The summed E-state index contributed by atoms with van der Waals surface area (Å²) in [6.07, 6.45) is 3.31. The highest BCUT2D eigenvalue weighted by molar-refractivity contribution is 5.87. The third kappa shape index (κ3) is 3.34. The number of hydrogen-bond acceptors (Lipinski definition) is 3.